The molecule has 0 atom stereocenters. The number of imidazole rings is 2. The number of rotatable bonds is 2. The Labute approximate surface area is 159 Å². The highest BCUT2D eigenvalue weighted by molar-refractivity contribution is 5.81. The molecule has 1 aliphatic rings. The Balaban J connectivity index is 1.72. The van der Waals surface area contributed by atoms with E-state index in [2.05, 4.69) is 14.8 Å². The number of nitrogens with zero attached hydrogens (tertiary/aromatic N) is 7. The standard InChI is InChI=1S/C19H17N7O2/c1-20-12-3-4-14-15(9-12)25(11-22-14)18-21-10-16-17(23-18)26(19(27)24(16)2)13-5-7-28-8-6-13/h3-4,9-11,13H,5-8H2,2H3. The molecule has 0 amide bonds. The lowest BCUT2D eigenvalue weighted by atomic mass is 10.1. The molecule has 1 aromatic carbocycles. The molecule has 0 N–H and O–H groups in total. The summed E-state index contributed by atoms with van der Waals surface area (Å²) in [5, 5.41) is 0. The van der Waals surface area contributed by atoms with Crippen LogP contribution >= 0.6 is 0 Å². The SMILES string of the molecule is [C-]#[N+]c1ccc2ncn(-c3ncc4c(n3)n(C3CCOCC3)c(=O)n4C)c2c1. The molecule has 1 fully saturated rings. The molecule has 140 valence electrons. The van der Waals surface area contributed by atoms with E-state index in [1.54, 1.807) is 51.5 Å². The third kappa shape index (κ3) is 2.42. The topological polar surface area (TPSA) is 84.1 Å². The number of aromatic nitrogens is 6. The molecule has 4 aromatic rings. The second-order valence-corrected chi connectivity index (χ2v) is 6.83. The molecule has 0 bridgehead atoms. The normalized spacial score (nSPS) is 15.3. The van der Waals surface area contributed by atoms with Crippen LogP contribution < -0.4 is 5.69 Å². The van der Waals surface area contributed by atoms with E-state index in [0.29, 0.717) is 36.0 Å². The van der Waals surface area contributed by atoms with Crippen molar-refractivity contribution in [1.29, 1.82) is 0 Å². The molecule has 0 unspecified atom stereocenters. The van der Waals surface area contributed by atoms with Crippen LogP contribution in [-0.2, 0) is 11.8 Å². The van der Waals surface area contributed by atoms with E-state index < -0.39 is 0 Å². The zero-order chi connectivity index (χ0) is 19.3. The fourth-order valence-corrected chi connectivity index (χ4v) is 3.74. The van der Waals surface area contributed by atoms with E-state index in [1.807, 2.05) is 0 Å². The van der Waals surface area contributed by atoms with Crippen LogP contribution in [0.1, 0.15) is 18.9 Å². The molecular weight excluding hydrogens is 358 g/mol. The second kappa shape index (κ2) is 6.28. The molecule has 5 rings (SSSR count). The van der Waals surface area contributed by atoms with Crippen molar-refractivity contribution in [2.75, 3.05) is 13.2 Å². The molecule has 0 saturated carbocycles. The van der Waals surface area contributed by atoms with Crippen molar-refractivity contribution in [3.05, 3.63) is 52.6 Å². The van der Waals surface area contributed by atoms with E-state index in [9.17, 15) is 4.79 Å². The molecular formula is C19H17N7O2. The number of benzene rings is 1. The molecule has 3 aromatic heterocycles. The number of fused-ring (bicyclic) bond motifs is 2. The zero-order valence-corrected chi connectivity index (χ0v) is 15.2. The predicted octanol–water partition coefficient (Wildman–Crippen LogP) is 2.37. The van der Waals surface area contributed by atoms with Crippen LogP contribution in [0, 0.1) is 6.57 Å². The van der Waals surface area contributed by atoms with Crippen molar-refractivity contribution in [3.8, 4) is 5.95 Å². The number of aryl methyl sites for hydroxylation is 1. The summed E-state index contributed by atoms with van der Waals surface area (Å²) in [6, 6.07) is 5.36. The summed E-state index contributed by atoms with van der Waals surface area (Å²) in [6.07, 6.45) is 4.86. The fourth-order valence-electron chi connectivity index (χ4n) is 3.74. The first kappa shape index (κ1) is 16.6. The predicted molar refractivity (Wildman–Crippen MR) is 103 cm³/mol. The van der Waals surface area contributed by atoms with E-state index in [-0.39, 0.29) is 11.7 Å². The summed E-state index contributed by atoms with van der Waals surface area (Å²) in [4.78, 5) is 29.9. The van der Waals surface area contributed by atoms with E-state index >= 15 is 0 Å². The van der Waals surface area contributed by atoms with Crippen LogP contribution in [0.25, 0.3) is 33.0 Å². The quantitative estimate of drug-likeness (QED) is 0.502. The summed E-state index contributed by atoms with van der Waals surface area (Å²) >= 11 is 0. The lowest BCUT2D eigenvalue weighted by molar-refractivity contribution is 0.0695. The van der Waals surface area contributed by atoms with Gasteiger partial charge in [0.15, 0.2) is 11.3 Å². The minimum absolute atomic E-state index is 0.0564. The average Bonchev–Trinajstić information content (AvgIpc) is 3.27. The Morgan fingerprint density at radius 2 is 2.04 bits per heavy atom. The van der Waals surface area contributed by atoms with Gasteiger partial charge in [-0.25, -0.2) is 19.6 Å². The van der Waals surface area contributed by atoms with Gasteiger partial charge in [0.2, 0.25) is 5.95 Å². The highest BCUT2D eigenvalue weighted by atomic mass is 16.5. The smallest absolute Gasteiger partial charge is 0.330 e. The van der Waals surface area contributed by atoms with Crippen LogP contribution in [-0.4, -0.2) is 41.9 Å². The van der Waals surface area contributed by atoms with Gasteiger partial charge in [-0.1, -0.05) is 6.07 Å². The first-order chi connectivity index (χ1) is 13.7. The fraction of sp³-hybridized carbons (Fsp3) is 0.316. The van der Waals surface area contributed by atoms with Crippen molar-refractivity contribution < 1.29 is 4.74 Å². The lowest BCUT2D eigenvalue weighted by Crippen LogP contribution is -2.30. The molecule has 9 heteroatoms. The van der Waals surface area contributed by atoms with Crippen LogP contribution in [0.2, 0.25) is 0 Å². The Kier molecular flexibility index (Phi) is 3.74. The Morgan fingerprint density at radius 3 is 2.82 bits per heavy atom. The van der Waals surface area contributed by atoms with E-state index in [0.717, 1.165) is 23.9 Å². The highest BCUT2D eigenvalue weighted by Crippen LogP contribution is 2.25. The molecule has 9 nitrogen and oxygen atoms in total. The maximum Gasteiger partial charge on any atom is 0.330 e. The minimum atomic E-state index is -0.0980. The van der Waals surface area contributed by atoms with Gasteiger partial charge in [-0.2, -0.15) is 4.98 Å². The summed E-state index contributed by atoms with van der Waals surface area (Å²) in [6.45, 7) is 8.51. The van der Waals surface area contributed by atoms with Crippen LogP contribution in [0.5, 0.6) is 0 Å². The lowest BCUT2D eigenvalue weighted by Gasteiger charge is -2.22. The van der Waals surface area contributed by atoms with Gasteiger partial charge in [0, 0.05) is 26.3 Å². The van der Waals surface area contributed by atoms with Crippen molar-refractivity contribution in [2.45, 2.75) is 18.9 Å². The number of ether oxygens (including phenoxy) is 1. The van der Waals surface area contributed by atoms with Gasteiger partial charge in [0.25, 0.3) is 0 Å². The molecule has 0 aliphatic carbocycles. The molecule has 28 heavy (non-hydrogen) atoms. The van der Waals surface area contributed by atoms with Crippen molar-refractivity contribution in [1.82, 2.24) is 28.7 Å². The zero-order valence-electron chi connectivity index (χ0n) is 15.2. The summed E-state index contributed by atoms with van der Waals surface area (Å²) < 4.78 is 10.5. The van der Waals surface area contributed by atoms with Gasteiger partial charge in [-0.3, -0.25) is 13.7 Å². The van der Waals surface area contributed by atoms with Gasteiger partial charge in [-0.05, 0) is 25.0 Å². The molecule has 1 saturated heterocycles. The molecule has 4 heterocycles. The van der Waals surface area contributed by atoms with Crippen molar-refractivity contribution in [2.24, 2.45) is 7.05 Å². The first-order valence-electron chi connectivity index (χ1n) is 9.04. The van der Waals surface area contributed by atoms with E-state index in [1.165, 1.54) is 0 Å². The molecule has 0 spiro atoms. The molecule has 0 radical (unpaired) electrons. The van der Waals surface area contributed by atoms with Gasteiger partial charge in [-0.15, -0.1) is 0 Å². The Morgan fingerprint density at radius 1 is 1.21 bits per heavy atom. The van der Waals surface area contributed by atoms with Gasteiger partial charge in [0.1, 0.15) is 11.8 Å². The van der Waals surface area contributed by atoms with Crippen LogP contribution in [0.15, 0.2) is 35.5 Å². The van der Waals surface area contributed by atoms with Gasteiger partial charge < -0.3 is 4.74 Å². The maximum absolute atomic E-state index is 12.8. The summed E-state index contributed by atoms with van der Waals surface area (Å²) in [5.74, 6) is 0.420. The van der Waals surface area contributed by atoms with Gasteiger partial charge in [0.05, 0.1) is 23.8 Å². The van der Waals surface area contributed by atoms with E-state index in [4.69, 9.17) is 16.3 Å². The third-order valence-corrected chi connectivity index (χ3v) is 5.25. The second-order valence-electron chi connectivity index (χ2n) is 6.83. The largest absolute Gasteiger partial charge is 0.381 e. The van der Waals surface area contributed by atoms with Gasteiger partial charge >= 0.3 is 5.69 Å². The van der Waals surface area contributed by atoms with Crippen LogP contribution in [0.3, 0.4) is 0 Å². The molecule has 1 aliphatic heterocycles. The average molecular weight is 375 g/mol. The maximum atomic E-state index is 12.8. The van der Waals surface area contributed by atoms with Crippen molar-refractivity contribution >= 4 is 27.9 Å². The first-order valence-corrected chi connectivity index (χ1v) is 9.04. The summed E-state index contributed by atoms with van der Waals surface area (Å²) in [5.41, 5.74) is 3.22. The monoisotopic (exact) mass is 375 g/mol. The van der Waals surface area contributed by atoms with Crippen molar-refractivity contribution in [3.63, 3.8) is 0 Å². The Hall–Kier alpha value is -3.51. The minimum Gasteiger partial charge on any atom is -0.381 e. The highest BCUT2D eigenvalue weighted by Gasteiger charge is 2.23. The number of hydrogen-bond donors (Lipinski definition) is 0. The Bertz CT molecular complexity index is 1300. The van der Waals surface area contributed by atoms with Crippen LogP contribution in [0.4, 0.5) is 5.69 Å². The summed E-state index contributed by atoms with van der Waals surface area (Å²) in [7, 11) is 1.73. The number of hydrogen-bond acceptors (Lipinski definition) is 5. The third-order valence-electron chi connectivity index (χ3n) is 5.25.